The molecule has 0 saturated heterocycles. The Balaban J connectivity index is 1.58. The van der Waals surface area contributed by atoms with Gasteiger partial charge < -0.3 is 9.88 Å². The highest BCUT2D eigenvalue weighted by Gasteiger charge is 2.30. The molecule has 0 bridgehead atoms. The zero-order valence-electron chi connectivity index (χ0n) is 20.6. The van der Waals surface area contributed by atoms with Crippen LogP contribution in [-0.2, 0) is 13.0 Å². The van der Waals surface area contributed by atoms with Crippen LogP contribution in [0.5, 0.6) is 0 Å². The smallest absolute Gasteiger partial charge is 0.269 e. The predicted molar refractivity (Wildman–Crippen MR) is 148 cm³/mol. The van der Waals surface area contributed by atoms with Gasteiger partial charge in [-0.05, 0) is 56.7 Å². The van der Waals surface area contributed by atoms with E-state index in [9.17, 15) is 4.79 Å². The van der Waals surface area contributed by atoms with Gasteiger partial charge in [-0.2, -0.15) is 0 Å². The molecule has 0 radical (unpaired) electrons. The molecule has 3 heterocycles. The lowest BCUT2D eigenvalue weighted by molar-refractivity contribution is 0.0922. The van der Waals surface area contributed by atoms with Crippen LogP contribution in [-0.4, -0.2) is 20.9 Å². The van der Waals surface area contributed by atoms with Gasteiger partial charge in [0.25, 0.3) is 5.91 Å². The molecule has 1 aliphatic heterocycles. The molecule has 1 fully saturated rings. The number of aryl methyl sites for hydroxylation is 3. The summed E-state index contributed by atoms with van der Waals surface area (Å²) in [7, 11) is 0. The van der Waals surface area contributed by atoms with Crippen LogP contribution in [0.25, 0.3) is 28.0 Å². The van der Waals surface area contributed by atoms with Crippen molar-refractivity contribution in [2.45, 2.75) is 70.9 Å². The number of carbonyl (C=O) groups excluding carboxylic acids is 1. The zero-order chi connectivity index (χ0) is 24.8. The Hall–Kier alpha value is -2.69. The summed E-state index contributed by atoms with van der Waals surface area (Å²) < 4.78 is 4.52. The van der Waals surface area contributed by atoms with E-state index in [1.165, 1.54) is 30.4 Å². The highest BCUT2D eigenvalue weighted by molar-refractivity contribution is 6.42. The van der Waals surface area contributed by atoms with E-state index in [0.717, 1.165) is 72.4 Å². The maximum Gasteiger partial charge on any atom is 0.269 e. The molecule has 6 heteroatoms. The number of amides is 1. The largest absolute Gasteiger partial charge is 0.348 e. The van der Waals surface area contributed by atoms with Crippen molar-refractivity contribution in [1.82, 2.24) is 14.3 Å². The number of aromatic nitrogens is 2. The molecule has 2 aromatic heterocycles. The molecule has 2 aliphatic rings. The van der Waals surface area contributed by atoms with Crippen molar-refractivity contribution in [2.24, 2.45) is 0 Å². The van der Waals surface area contributed by atoms with Gasteiger partial charge in [-0.25, -0.2) is 0 Å². The average molecular weight is 521 g/mol. The lowest BCUT2D eigenvalue weighted by Crippen LogP contribution is -2.37. The van der Waals surface area contributed by atoms with E-state index in [1.807, 2.05) is 18.2 Å². The van der Waals surface area contributed by atoms with E-state index in [1.54, 1.807) is 0 Å². The third-order valence-corrected chi connectivity index (χ3v) is 8.58. The summed E-state index contributed by atoms with van der Waals surface area (Å²) in [5.74, 6) is 0.0251. The molecule has 0 atom stereocenters. The van der Waals surface area contributed by atoms with Gasteiger partial charge in [0, 0.05) is 35.5 Å². The summed E-state index contributed by atoms with van der Waals surface area (Å²) in [6.07, 6.45) is 11.0. The van der Waals surface area contributed by atoms with E-state index in [2.05, 4.69) is 51.7 Å². The summed E-state index contributed by atoms with van der Waals surface area (Å²) in [5.41, 5.74) is 8.61. The number of hydrogen-bond acceptors (Lipinski definition) is 1. The monoisotopic (exact) mass is 519 g/mol. The molecule has 1 aliphatic carbocycles. The quantitative estimate of drug-likeness (QED) is 0.290. The number of imidazole rings is 1. The molecule has 4 nitrogen and oxygen atoms in total. The third-order valence-electron chi connectivity index (χ3n) is 7.85. The summed E-state index contributed by atoms with van der Waals surface area (Å²) in [6.45, 7) is 3.00. The van der Waals surface area contributed by atoms with Crippen molar-refractivity contribution in [1.29, 1.82) is 0 Å². The van der Waals surface area contributed by atoms with Crippen LogP contribution < -0.4 is 5.32 Å². The maximum absolute atomic E-state index is 14.0. The van der Waals surface area contributed by atoms with Gasteiger partial charge in [0.15, 0.2) is 0 Å². The van der Waals surface area contributed by atoms with Crippen molar-refractivity contribution >= 4 is 34.8 Å². The van der Waals surface area contributed by atoms with Crippen molar-refractivity contribution < 1.29 is 4.79 Å². The Morgan fingerprint density at radius 3 is 2.42 bits per heavy atom. The van der Waals surface area contributed by atoms with Crippen LogP contribution in [0.15, 0.2) is 48.7 Å². The van der Waals surface area contributed by atoms with Crippen molar-refractivity contribution in [3.05, 3.63) is 75.5 Å². The Morgan fingerprint density at radius 1 is 0.917 bits per heavy atom. The van der Waals surface area contributed by atoms with Crippen LogP contribution in [0.2, 0.25) is 10.0 Å². The molecule has 1 N–H and O–H groups in total. The van der Waals surface area contributed by atoms with Gasteiger partial charge in [-0.1, -0.05) is 78.4 Å². The molecule has 4 aromatic rings. The minimum Gasteiger partial charge on any atom is -0.348 e. The van der Waals surface area contributed by atoms with E-state index in [-0.39, 0.29) is 11.9 Å². The topological polar surface area (TPSA) is 38.4 Å². The highest BCUT2D eigenvalue weighted by Crippen LogP contribution is 2.40. The molecule has 1 amide bonds. The standard InChI is InChI=1S/C30H31Cl2N3O/c1-19-10-12-20(13-11-19)27-23-9-5-6-16-34-26(21-14-15-24(31)25(32)17-21)18-35(30(23)34)28(27)29(36)33-22-7-3-2-4-8-22/h10-15,17-18,22H,2-9,16H2,1H3,(H,33,36). The van der Waals surface area contributed by atoms with Gasteiger partial charge >= 0.3 is 0 Å². The second kappa shape index (κ2) is 9.64. The predicted octanol–water partition coefficient (Wildman–Crippen LogP) is 8.09. The number of nitrogens with zero attached hydrogens (tertiary/aromatic N) is 2. The van der Waals surface area contributed by atoms with Gasteiger partial charge in [0.05, 0.1) is 15.7 Å². The Kier molecular flexibility index (Phi) is 6.35. The fourth-order valence-corrected chi connectivity index (χ4v) is 6.32. The van der Waals surface area contributed by atoms with Crippen LogP contribution in [0.1, 0.15) is 66.6 Å². The molecule has 36 heavy (non-hydrogen) atoms. The Bertz CT molecular complexity index is 1440. The van der Waals surface area contributed by atoms with E-state index >= 15 is 0 Å². The SMILES string of the molecule is Cc1ccc(-c2c3c4n(c(-c5ccc(Cl)c(Cl)c5)cn4c2C(=O)NC2CCCCC2)CCCC3)cc1. The second-order valence-corrected chi connectivity index (χ2v) is 11.1. The van der Waals surface area contributed by atoms with Gasteiger partial charge in [0.2, 0.25) is 0 Å². The maximum atomic E-state index is 14.0. The minimum absolute atomic E-state index is 0.0251. The first kappa shape index (κ1) is 23.7. The van der Waals surface area contributed by atoms with Gasteiger partial charge in [0.1, 0.15) is 11.3 Å². The number of rotatable bonds is 4. The Morgan fingerprint density at radius 2 is 1.67 bits per heavy atom. The molecule has 0 spiro atoms. The molecule has 1 saturated carbocycles. The average Bonchev–Trinajstić information content (AvgIpc) is 3.30. The fourth-order valence-electron chi connectivity index (χ4n) is 6.03. The highest BCUT2D eigenvalue weighted by atomic mass is 35.5. The molecular weight excluding hydrogens is 489 g/mol. The first-order chi connectivity index (χ1) is 17.5. The van der Waals surface area contributed by atoms with E-state index < -0.39 is 0 Å². The normalized spacial score (nSPS) is 16.3. The van der Waals surface area contributed by atoms with Crippen LogP contribution in [0.3, 0.4) is 0 Å². The summed E-state index contributed by atoms with van der Waals surface area (Å²) in [4.78, 5) is 14.0. The van der Waals surface area contributed by atoms with Crippen molar-refractivity contribution in [3.8, 4) is 22.4 Å². The van der Waals surface area contributed by atoms with E-state index in [4.69, 9.17) is 23.2 Å². The van der Waals surface area contributed by atoms with Crippen LogP contribution >= 0.6 is 23.2 Å². The number of carbonyl (C=O) groups is 1. The zero-order valence-corrected chi connectivity index (χ0v) is 22.1. The van der Waals surface area contributed by atoms with Gasteiger partial charge in [-0.3, -0.25) is 9.20 Å². The van der Waals surface area contributed by atoms with Crippen molar-refractivity contribution in [3.63, 3.8) is 0 Å². The van der Waals surface area contributed by atoms with Crippen molar-refractivity contribution in [2.75, 3.05) is 0 Å². The lowest BCUT2D eigenvalue weighted by Gasteiger charge is -2.23. The van der Waals surface area contributed by atoms with E-state index in [0.29, 0.717) is 10.0 Å². The molecule has 0 unspecified atom stereocenters. The summed E-state index contributed by atoms with van der Waals surface area (Å²) >= 11 is 12.6. The molecule has 186 valence electrons. The lowest BCUT2D eigenvalue weighted by atomic mass is 9.94. The third kappa shape index (κ3) is 4.14. The second-order valence-electron chi connectivity index (χ2n) is 10.3. The number of halogens is 2. The first-order valence-corrected chi connectivity index (χ1v) is 13.9. The summed E-state index contributed by atoms with van der Waals surface area (Å²) in [6, 6.07) is 14.6. The first-order valence-electron chi connectivity index (χ1n) is 13.1. The molecule has 2 aromatic carbocycles. The van der Waals surface area contributed by atoms with Gasteiger partial charge in [-0.15, -0.1) is 0 Å². The number of nitrogens with one attached hydrogen (secondary N) is 1. The molecular formula is C30H31Cl2N3O. The fraction of sp³-hybridized carbons (Fsp3) is 0.367. The Labute approximate surface area is 222 Å². The molecule has 6 rings (SSSR count). The minimum atomic E-state index is 0.0251. The summed E-state index contributed by atoms with van der Waals surface area (Å²) in [5, 5.41) is 4.48. The van der Waals surface area contributed by atoms with Crippen LogP contribution in [0.4, 0.5) is 0 Å². The van der Waals surface area contributed by atoms with Crippen LogP contribution in [0, 0.1) is 6.92 Å². The number of hydrogen-bond donors (Lipinski definition) is 1. The number of benzene rings is 2.